The molecule has 0 bridgehead atoms. The number of carbonyl (C=O) groups is 1. The summed E-state index contributed by atoms with van der Waals surface area (Å²) in [4.78, 5) is 12.0. The van der Waals surface area contributed by atoms with E-state index in [1.807, 2.05) is 13.0 Å². The molecule has 1 aliphatic carbocycles. The van der Waals surface area contributed by atoms with Gasteiger partial charge in [0.1, 0.15) is 0 Å². The molecule has 0 heterocycles. The predicted octanol–water partition coefficient (Wildman–Crippen LogP) is 5.16. The zero-order valence-electron chi connectivity index (χ0n) is 12.5. The molecule has 0 aromatic heterocycles. The van der Waals surface area contributed by atoms with Gasteiger partial charge in [-0.3, -0.25) is 4.79 Å². The van der Waals surface area contributed by atoms with Crippen molar-refractivity contribution in [3.05, 3.63) is 47.6 Å². The fraction of sp³-hybridized carbons (Fsp3) is 0.500. The van der Waals surface area contributed by atoms with Crippen LogP contribution in [0.4, 0.5) is 0 Å². The second kappa shape index (κ2) is 8.68. The Hall–Kier alpha value is -1.37. The van der Waals surface area contributed by atoms with Gasteiger partial charge < -0.3 is 0 Å². The predicted molar refractivity (Wildman–Crippen MR) is 83.1 cm³/mol. The molecule has 104 valence electrons. The molecule has 0 aliphatic heterocycles. The smallest absolute Gasteiger partial charge is 0.181 e. The van der Waals surface area contributed by atoms with Crippen molar-refractivity contribution in [1.29, 1.82) is 0 Å². The van der Waals surface area contributed by atoms with Crippen molar-refractivity contribution in [1.82, 2.24) is 0 Å². The second-order valence-corrected chi connectivity index (χ2v) is 5.36. The number of allylic oxidation sites excluding steroid dienone is 8. The Morgan fingerprint density at radius 1 is 1.26 bits per heavy atom. The maximum Gasteiger partial charge on any atom is 0.181 e. The first-order valence-electron chi connectivity index (χ1n) is 7.31. The van der Waals surface area contributed by atoms with Gasteiger partial charge in [-0.2, -0.15) is 0 Å². The summed E-state index contributed by atoms with van der Waals surface area (Å²) < 4.78 is 0. The van der Waals surface area contributed by atoms with E-state index >= 15 is 0 Å². The topological polar surface area (TPSA) is 17.1 Å². The van der Waals surface area contributed by atoms with E-state index in [-0.39, 0.29) is 5.78 Å². The molecule has 0 N–H and O–H groups in total. The molecule has 1 atom stereocenters. The van der Waals surface area contributed by atoms with Gasteiger partial charge in [0.2, 0.25) is 0 Å². The minimum Gasteiger partial charge on any atom is -0.290 e. The van der Waals surface area contributed by atoms with Crippen LogP contribution in [0.2, 0.25) is 0 Å². The number of ketones is 1. The fourth-order valence-electron chi connectivity index (χ4n) is 2.18. The minimum atomic E-state index is 0.170. The standard InChI is InChI=1S/C18H26O/c1-4-8-18(19)17-13-11-15(2)9-6-5-7-10-16(3)12-14-17/h4,6,8-10,13,15H,5,7,11-12,14H2,1-3H3. The van der Waals surface area contributed by atoms with E-state index < -0.39 is 0 Å². The molecule has 1 aliphatic rings. The number of hydrogen-bond acceptors (Lipinski definition) is 1. The molecule has 0 aromatic rings. The largest absolute Gasteiger partial charge is 0.290 e. The molecule has 0 fully saturated rings. The summed E-state index contributed by atoms with van der Waals surface area (Å²) in [6.07, 6.45) is 17.5. The van der Waals surface area contributed by atoms with Gasteiger partial charge in [-0.15, -0.1) is 0 Å². The van der Waals surface area contributed by atoms with E-state index in [9.17, 15) is 4.79 Å². The van der Waals surface area contributed by atoms with Crippen LogP contribution in [0.25, 0.3) is 0 Å². The third kappa shape index (κ3) is 6.37. The van der Waals surface area contributed by atoms with E-state index in [1.165, 1.54) is 5.57 Å². The minimum absolute atomic E-state index is 0.170. The fourth-order valence-corrected chi connectivity index (χ4v) is 2.18. The Morgan fingerprint density at radius 2 is 2.05 bits per heavy atom. The first kappa shape index (κ1) is 15.7. The lowest BCUT2D eigenvalue weighted by molar-refractivity contribution is -0.111. The monoisotopic (exact) mass is 258 g/mol. The molecule has 0 aromatic carbocycles. The highest BCUT2D eigenvalue weighted by Crippen LogP contribution is 2.18. The summed E-state index contributed by atoms with van der Waals surface area (Å²) in [7, 11) is 0. The Bertz CT molecular complexity index is 407. The van der Waals surface area contributed by atoms with Crippen LogP contribution in [-0.2, 0) is 4.79 Å². The van der Waals surface area contributed by atoms with Crippen molar-refractivity contribution in [2.24, 2.45) is 5.92 Å². The van der Waals surface area contributed by atoms with Gasteiger partial charge in [0.25, 0.3) is 0 Å². The molecule has 1 heteroatoms. The number of carbonyl (C=O) groups excluding carboxylic acids is 1. The molecule has 19 heavy (non-hydrogen) atoms. The number of hydrogen-bond donors (Lipinski definition) is 0. The third-order valence-corrected chi connectivity index (χ3v) is 3.45. The van der Waals surface area contributed by atoms with Crippen LogP contribution in [0, 0.1) is 5.92 Å². The van der Waals surface area contributed by atoms with Gasteiger partial charge in [-0.1, -0.05) is 42.9 Å². The molecule has 0 saturated carbocycles. The first-order valence-corrected chi connectivity index (χ1v) is 7.31. The third-order valence-electron chi connectivity index (χ3n) is 3.45. The van der Waals surface area contributed by atoms with Crippen LogP contribution in [-0.4, -0.2) is 5.78 Å². The van der Waals surface area contributed by atoms with Gasteiger partial charge in [-0.05, 0) is 63.5 Å². The summed E-state index contributed by atoms with van der Waals surface area (Å²) in [5.74, 6) is 0.682. The summed E-state index contributed by atoms with van der Waals surface area (Å²) in [5.41, 5.74) is 2.35. The van der Waals surface area contributed by atoms with Crippen LogP contribution in [0.1, 0.15) is 52.9 Å². The quantitative estimate of drug-likeness (QED) is 0.494. The molecule has 1 nitrogen and oxygen atoms in total. The normalized spacial score (nSPS) is 22.4. The molecule has 0 spiro atoms. The zero-order valence-corrected chi connectivity index (χ0v) is 12.5. The molecule has 0 saturated heterocycles. The van der Waals surface area contributed by atoms with Crippen LogP contribution < -0.4 is 0 Å². The van der Waals surface area contributed by atoms with Gasteiger partial charge in [0, 0.05) is 0 Å². The Morgan fingerprint density at radius 3 is 2.79 bits per heavy atom. The van der Waals surface area contributed by atoms with Gasteiger partial charge in [-0.25, -0.2) is 0 Å². The average Bonchev–Trinajstić information content (AvgIpc) is 2.37. The molecular weight excluding hydrogens is 232 g/mol. The summed E-state index contributed by atoms with van der Waals surface area (Å²) >= 11 is 0. The SMILES string of the molecule is CC=CC(=O)C1=CCC(C)C=CCCC=C(C)CC1. The molecular formula is C18H26O. The van der Waals surface area contributed by atoms with Crippen molar-refractivity contribution in [3.63, 3.8) is 0 Å². The van der Waals surface area contributed by atoms with Crippen molar-refractivity contribution in [2.75, 3.05) is 0 Å². The maximum atomic E-state index is 12.0. The van der Waals surface area contributed by atoms with Crippen molar-refractivity contribution in [2.45, 2.75) is 52.9 Å². The second-order valence-electron chi connectivity index (χ2n) is 5.36. The lowest BCUT2D eigenvalue weighted by Gasteiger charge is -2.09. The van der Waals surface area contributed by atoms with Gasteiger partial charge in [0.15, 0.2) is 5.78 Å². The first-order chi connectivity index (χ1) is 9.13. The maximum absolute atomic E-state index is 12.0. The Kier molecular flexibility index (Phi) is 7.17. The van der Waals surface area contributed by atoms with E-state index in [1.54, 1.807) is 6.08 Å². The van der Waals surface area contributed by atoms with Crippen molar-refractivity contribution in [3.8, 4) is 0 Å². The summed E-state index contributed by atoms with van der Waals surface area (Å²) in [6.45, 7) is 6.26. The van der Waals surface area contributed by atoms with Crippen LogP contribution in [0.15, 0.2) is 47.6 Å². The van der Waals surface area contributed by atoms with E-state index in [0.717, 1.165) is 37.7 Å². The molecule has 1 rings (SSSR count). The summed E-state index contributed by atoms with van der Waals surface area (Å²) in [5, 5.41) is 0. The number of rotatable bonds is 2. The van der Waals surface area contributed by atoms with Crippen LogP contribution in [0.3, 0.4) is 0 Å². The zero-order chi connectivity index (χ0) is 14.1. The summed E-state index contributed by atoms with van der Waals surface area (Å²) in [6, 6.07) is 0. The van der Waals surface area contributed by atoms with Crippen molar-refractivity contribution < 1.29 is 4.79 Å². The molecule has 1 unspecified atom stereocenters. The highest BCUT2D eigenvalue weighted by molar-refractivity contribution is 6.03. The lowest BCUT2D eigenvalue weighted by Crippen LogP contribution is -2.01. The van der Waals surface area contributed by atoms with E-state index in [0.29, 0.717) is 5.92 Å². The molecule has 0 radical (unpaired) electrons. The Labute approximate surface area is 117 Å². The highest BCUT2D eigenvalue weighted by atomic mass is 16.1. The van der Waals surface area contributed by atoms with Gasteiger partial charge in [0.05, 0.1) is 0 Å². The lowest BCUT2D eigenvalue weighted by atomic mass is 9.96. The Balaban J connectivity index is 2.86. The van der Waals surface area contributed by atoms with Gasteiger partial charge >= 0.3 is 0 Å². The highest BCUT2D eigenvalue weighted by Gasteiger charge is 2.07. The van der Waals surface area contributed by atoms with Crippen LogP contribution in [0.5, 0.6) is 0 Å². The average molecular weight is 258 g/mol. The molecule has 0 amide bonds. The van der Waals surface area contributed by atoms with E-state index in [2.05, 4.69) is 38.2 Å². The van der Waals surface area contributed by atoms with Crippen LogP contribution >= 0.6 is 0 Å². The van der Waals surface area contributed by atoms with Crippen molar-refractivity contribution >= 4 is 5.78 Å². The van der Waals surface area contributed by atoms with E-state index in [4.69, 9.17) is 0 Å².